The summed E-state index contributed by atoms with van der Waals surface area (Å²) in [5.41, 5.74) is 1.84. The molecule has 0 spiro atoms. The fraction of sp³-hybridized carbons (Fsp3) is 0.0870. The fourth-order valence-electron chi connectivity index (χ4n) is 3.13. The monoisotopic (exact) mass is 361 g/mol. The summed E-state index contributed by atoms with van der Waals surface area (Å²) in [6, 6.07) is 26.7. The van der Waals surface area contributed by atoms with Crippen LogP contribution in [-0.2, 0) is 5.54 Å². The molecule has 1 N–H and O–H groups in total. The molecule has 0 fully saturated rings. The van der Waals surface area contributed by atoms with Crippen molar-refractivity contribution < 1.29 is 4.79 Å². The maximum atomic E-state index is 13.0. The highest BCUT2D eigenvalue weighted by atomic mass is 35.5. The summed E-state index contributed by atoms with van der Waals surface area (Å²) in [5.74, 6) is -0.133. The number of benzene rings is 3. The minimum Gasteiger partial charge on any atom is -0.338 e. The molecule has 0 radical (unpaired) electrons. The Hall–Kier alpha value is -2.84. The lowest BCUT2D eigenvalue weighted by Crippen LogP contribution is -2.46. The van der Waals surface area contributed by atoms with E-state index < -0.39 is 5.54 Å². The molecule has 0 saturated carbocycles. The van der Waals surface area contributed by atoms with Crippen molar-refractivity contribution in [3.05, 3.63) is 119 Å². The van der Waals surface area contributed by atoms with Gasteiger partial charge in [-0.2, -0.15) is 0 Å². The third-order valence-electron chi connectivity index (χ3n) is 4.42. The number of carbonyl (C=O) groups is 1. The van der Waals surface area contributed by atoms with E-state index in [4.69, 9.17) is 11.6 Å². The Kier molecular flexibility index (Phi) is 5.55. The smallest absolute Gasteiger partial charge is 0.252 e. The standard InChI is InChI=1S/C23H20ClNO/c1-2-17-23(19-11-7-4-8-12-19,20-13-15-21(24)16-14-20)25-22(26)18-9-5-3-6-10-18/h2-16H,1,17H2,(H,25,26). The van der Waals surface area contributed by atoms with Crippen LogP contribution in [0, 0.1) is 0 Å². The Bertz CT molecular complexity index is 875. The first-order chi connectivity index (χ1) is 12.7. The third-order valence-corrected chi connectivity index (χ3v) is 4.67. The zero-order valence-corrected chi connectivity index (χ0v) is 15.1. The van der Waals surface area contributed by atoms with E-state index in [1.165, 1.54) is 0 Å². The minimum atomic E-state index is -0.722. The Labute approximate surface area is 159 Å². The lowest BCUT2D eigenvalue weighted by molar-refractivity contribution is 0.0913. The summed E-state index contributed by atoms with van der Waals surface area (Å²) in [6.45, 7) is 3.92. The molecule has 1 atom stereocenters. The van der Waals surface area contributed by atoms with Crippen LogP contribution < -0.4 is 5.32 Å². The van der Waals surface area contributed by atoms with Gasteiger partial charge < -0.3 is 5.32 Å². The second-order valence-electron chi connectivity index (χ2n) is 6.09. The van der Waals surface area contributed by atoms with E-state index in [1.807, 2.05) is 78.9 Å². The molecular formula is C23H20ClNO. The van der Waals surface area contributed by atoms with Crippen LogP contribution in [0.15, 0.2) is 97.6 Å². The molecule has 3 aromatic carbocycles. The molecule has 26 heavy (non-hydrogen) atoms. The summed E-state index contributed by atoms with van der Waals surface area (Å²) < 4.78 is 0. The first-order valence-corrected chi connectivity index (χ1v) is 8.83. The van der Waals surface area contributed by atoms with E-state index in [0.29, 0.717) is 17.0 Å². The molecular weight excluding hydrogens is 342 g/mol. The van der Waals surface area contributed by atoms with Crippen molar-refractivity contribution in [1.29, 1.82) is 0 Å². The highest BCUT2D eigenvalue weighted by Crippen LogP contribution is 2.34. The molecule has 1 amide bonds. The first kappa shape index (κ1) is 18.0. The Morgan fingerprint density at radius 3 is 2.00 bits per heavy atom. The zero-order chi connectivity index (χ0) is 18.4. The van der Waals surface area contributed by atoms with E-state index >= 15 is 0 Å². The quantitative estimate of drug-likeness (QED) is 0.570. The van der Waals surface area contributed by atoms with Crippen LogP contribution in [-0.4, -0.2) is 5.91 Å². The molecule has 1 unspecified atom stereocenters. The van der Waals surface area contributed by atoms with Crippen molar-refractivity contribution in [1.82, 2.24) is 5.32 Å². The van der Waals surface area contributed by atoms with E-state index in [0.717, 1.165) is 11.1 Å². The SMILES string of the molecule is C=CCC(NC(=O)c1ccccc1)(c1ccccc1)c1ccc(Cl)cc1. The highest BCUT2D eigenvalue weighted by molar-refractivity contribution is 6.30. The van der Waals surface area contributed by atoms with Crippen molar-refractivity contribution >= 4 is 17.5 Å². The second-order valence-corrected chi connectivity index (χ2v) is 6.53. The van der Waals surface area contributed by atoms with Gasteiger partial charge in [0.25, 0.3) is 5.91 Å². The first-order valence-electron chi connectivity index (χ1n) is 8.46. The molecule has 2 nitrogen and oxygen atoms in total. The van der Waals surface area contributed by atoms with Gasteiger partial charge in [-0.15, -0.1) is 6.58 Å². The lowest BCUT2D eigenvalue weighted by Gasteiger charge is -2.35. The Balaban J connectivity index is 2.12. The summed E-state index contributed by atoms with van der Waals surface area (Å²) in [4.78, 5) is 13.0. The molecule has 3 heteroatoms. The van der Waals surface area contributed by atoms with Crippen LogP contribution in [0.5, 0.6) is 0 Å². The highest BCUT2D eigenvalue weighted by Gasteiger charge is 2.35. The molecule has 3 rings (SSSR count). The molecule has 0 aromatic heterocycles. The topological polar surface area (TPSA) is 29.1 Å². The number of nitrogens with one attached hydrogen (secondary N) is 1. The van der Waals surface area contributed by atoms with Gasteiger partial charge in [0.1, 0.15) is 0 Å². The molecule has 0 aliphatic carbocycles. The lowest BCUT2D eigenvalue weighted by atomic mass is 9.79. The average molecular weight is 362 g/mol. The Morgan fingerprint density at radius 2 is 1.42 bits per heavy atom. The molecule has 0 aliphatic rings. The van der Waals surface area contributed by atoms with Gasteiger partial charge in [-0.1, -0.05) is 78.3 Å². The second kappa shape index (κ2) is 8.03. The van der Waals surface area contributed by atoms with Crippen molar-refractivity contribution in [2.75, 3.05) is 0 Å². The minimum absolute atomic E-state index is 0.133. The number of carbonyl (C=O) groups excluding carboxylic acids is 1. The average Bonchev–Trinajstić information content (AvgIpc) is 2.69. The summed E-state index contributed by atoms with van der Waals surface area (Å²) in [7, 11) is 0. The van der Waals surface area contributed by atoms with Gasteiger partial charge in [0.15, 0.2) is 0 Å². The van der Waals surface area contributed by atoms with Gasteiger partial charge in [0, 0.05) is 10.6 Å². The van der Waals surface area contributed by atoms with Crippen LogP contribution in [0.3, 0.4) is 0 Å². The summed E-state index contributed by atoms with van der Waals surface area (Å²) >= 11 is 6.08. The van der Waals surface area contributed by atoms with Gasteiger partial charge in [-0.05, 0) is 41.8 Å². The largest absolute Gasteiger partial charge is 0.338 e. The van der Waals surface area contributed by atoms with Crippen LogP contribution in [0.2, 0.25) is 5.02 Å². The van der Waals surface area contributed by atoms with Crippen molar-refractivity contribution in [2.24, 2.45) is 0 Å². The zero-order valence-electron chi connectivity index (χ0n) is 14.4. The molecule has 130 valence electrons. The van der Waals surface area contributed by atoms with Gasteiger partial charge in [0.2, 0.25) is 0 Å². The molecule has 0 bridgehead atoms. The van der Waals surface area contributed by atoms with E-state index in [-0.39, 0.29) is 5.91 Å². The number of hydrogen-bond donors (Lipinski definition) is 1. The van der Waals surface area contributed by atoms with Crippen LogP contribution >= 0.6 is 11.6 Å². The van der Waals surface area contributed by atoms with Crippen LogP contribution in [0.25, 0.3) is 0 Å². The fourth-order valence-corrected chi connectivity index (χ4v) is 3.25. The Morgan fingerprint density at radius 1 is 0.885 bits per heavy atom. The van der Waals surface area contributed by atoms with Crippen molar-refractivity contribution in [3.63, 3.8) is 0 Å². The van der Waals surface area contributed by atoms with E-state index in [9.17, 15) is 4.79 Å². The van der Waals surface area contributed by atoms with Gasteiger partial charge >= 0.3 is 0 Å². The summed E-state index contributed by atoms with van der Waals surface area (Å²) in [5, 5.41) is 3.90. The normalized spacial score (nSPS) is 12.8. The predicted molar refractivity (Wildman–Crippen MR) is 107 cm³/mol. The van der Waals surface area contributed by atoms with Crippen LogP contribution in [0.4, 0.5) is 0 Å². The van der Waals surface area contributed by atoms with Crippen molar-refractivity contribution in [3.8, 4) is 0 Å². The molecule has 3 aromatic rings. The van der Waals surface area contributed by atoms with Crippen LogP contribution in [0.1, 0.15) is 27.9 Å². The number of hydrogen-bond acceptors (Lipinski definition) is 1. The number of halogens is 1. The molecule has 0 heterocycles. The number of rotatable bonds is 6. The van der Waals surface area contributed by atoms with Gasteiger partial charge in [-0.25, -0.2) is 0 Å². The third kappa shape index (κ3) is 3.71. The molecule has 0 aliphatic heterocycles. The number of amides is 1. The van der Waals surface area contributed by atoms with Gasteiger partial charge in [0.05, 0.1) is 5.54 Å². The van der Waals surface area contributed by atoms with E-state index in [1.54, 1.807) is 12.1 Å². The predicted octanol–water partition coefficient (Wildman–Crippen LogP) is 5.59. The summed E-state index contributed by atoms with van der Waals surface area (Å²) in [6.07, 6.45) is 2.38. The van der Waals surface area contributed by atoms with Crippen molar-refractivity contribution in [2.45, 2.75) is 12.0 Å². The maximum absolute atomic E-state index is 13.0. The van der Waals surface area contributed by atoms with Gasteiger partial charge in [-0.3, -0.25) is 4.79 Å². The molecule has 0 saturated heterocycles. The maximum Gasteiger partial charge on any atom is 0.252 e. The van der Waals surface area contributed by atoms with E-state index in [2.05, 4.69) is 11.9 Å².